The smallest absolute Gasteiger partial charge is 0.236 e. The maximum absolute atomic E-state index is 11.5. The molecule has 0 aliphatic carbocycles. The van der Waals surface area contributed by atoms with Gasteiger partial charge in [-0.1, -0.05) is 0 Å². The van der Waals surface area contributed by atoms with Crippen molar-refractivity contribution in [3.05, 3.63) is 0 Å². The van der Waals surface area contributed by atoms with Crippen LogP contribution in [0.2, 0.25) is 0 Å². The first-order valence-electron chi connectivity index (χ1n) is 5.90. The van der Waals surface area contributed by atoms with Crippen LogP contribution in [-0.4, -0.2) is 73.7 Å². The van der Waals surface area contributed by atoms with Crippen molar-refractivity contribution in [2.75, 3.05) is 46.9 Å². The number of hydrogen-bond acceptors (Lipinski definition) is 4. The number of piperidine rings is 1. The van der Waals surface area contributed by atoms with Crippen molar-refractivity contribution < 1.29 is 9.90 Å². The average Bonchev–Trinajstić information content (AvgIpc) is 2.28. The molecule has 5 heteroatoms. The topological polar surface area (TPSA) is 55.8 Å². The summed E-state index contributed by atoms with van der Waals surface area (Å²) in [6.07, 6.45) is 2.11. The largest absolute Gasteiger partial charge is 0.395 e. The Balaban J connectivity index is 2.19. The van der Waals surface area contributed by atoms with Crippen molar-refractivity contribution in [2.45, 2.75) is 18.9 Å². The molecule has 1 heterocycles. The Morgan fingerprint density at radius 1 is 1.44 bits per heavy atom. The standard InChI is InChI=1S/C11H23N3O2/c1-13(2)11(16)9-14-6-3-10(4-7-14)12-5-8-15/h10,12,15H,3-9H2,1-2H3. The lowest BCUT2D eigenvalue weighted by atomic mass is 10.1. The van der Waals surface area contributed by atoms with E-state index in [2.05, 4.69) is 10.2 Å². The van der Waals surface area contributed by atoms with Crippen LogP contribution in [0.3, 0.4) is 0 Å². The number of amides is 1. The Morgan fingerprint density at radius 3 is 2.56 bits per heavy atom. The van der Waals surface area contributed by atoms with E-state index in [-0.39, 0.29) is 12.5 Å². The number of likely N-dealkylation sites (N-methyl/N-ethyl adjacent to an activating group) is 1. The lowest BCUT2D eigenvalue weighted by molar-refractivity contribution is -0.130. The van der Waals surface area contributed by atoms with E-state index in [0.717, 1.165) is 25.9 Å². The molecule has 0 aromatic carbocycles. The molecule has 16 heavy (non-hydrogen) atoms. The molecule has 1 rings (SSSR count). The Hall–Kier alpha value is -0.650. The number of rotatable bonds is 5. The fourth-order valence-corrected chi connectivity index (χ4v) is 1.90. The van der Waals surface area contributed by atoms with E-state index in [1.54, 1.807) is 19.0 Å². The highest BCUT2D eigenvalue weighted by Crippen LogP contribution is 2.09. The molecule has 94 valence electrons. The Labute approximate surface area is 97.4 Å². The minimum absolute atomic E-state index is 0.168. The van der Waals surface area contributed by atoms with Gasteiger partial charge in [-0.25, -0.2) is 0 Å². The minimum atomic E-state index is 0.168. The van der Waals surface area contributed by atoms with Gasteiger partial charge in [0.1, 0.15) is 0 Å². The second kappa shape index (κ2) is 6.83. The first-order chi connectivity index (χ1) is 7.63. The lowest BCUT2D eigenvalue weighted by Gasteiger charge is -2.32. The average molecular weight is 229 g/mol. The minimum Gasteiger partial charge on any atom is -0.395 e. The molecule has 0 spiro atoms. The molecular formula is C11H23N3O2. The number of aliphatic hydroxyl groups is 1. The summed E-state index contributed by atoms with van der Waals surface area (Å²) in [7, 11) is 3.58. The van der Waals surface area contributed by atoms with Crippen LogP contribution in [0, 0.1) is 0 Å². The predicted octanol–water partition coefficient (Wildman–Crippen LogP) is -0.879. The predicted molar refractivity (Wildman–Crippen MR) is 63.2 cm³/mol. The van der Waals surface area contributed by atoms with E-state index in [1.807, 2.05) is 0 Å². The summed E-state index contributed by atoms with van der Waals surface area (Å²) in [6, 6.07) is 0.498. The molecule has 0 aromatic heterocycles. The van der Waals surface area contributed by atoms with Crippen molar-refractivity contribution >= 4 is 5.91 Å². The van der Waals surface area contributed by atoms with E-state index >= 15 is 0 Å². The van der Waals surface area contributed by atoms with Crippen LogP contribution in [0.25, 0.3) is 0 Å². The van der Waals surface area contributed by atoms with Crippen molar-refractivity contribution in [1.82, 2.24) is 15.1 Å². The number of hydrogen-bond donors (Lipinski definition) is 2. The van der Waals surface area contributed by atoms with Gasteiger partial charge in [0, 0.05) is 39.8 Å². The molecule has 0 aromatic rings. The van der Waals surface area contributed by atoms with E-state index in [4.69, 9.17) is 5.11 Å². The first-order valence-corrected chi connectivity index (χ1v) is 5.90. The molecule has 0 unspecified atom stereocenters. The van der Waals surface area contributed by atoms with E-state index in [9.17, 15) is 4.79 Å². The van der Waals surface area contributed by atoms with Crippen molar-refractivity contribution in [3.8, 4) is 0 Å². The highest BCUT2D eigenvalue weighted by Gasteiger charge is 2.20. The Morgan fingerprint density at radius 2 is 2.06 bits per heavy atom. The number of carbonyl (C=O) groups excluding carboxylic acids is 1. The lowest BCUT2D eigenvalue weighted by Crippen LogP contribution is -2.46. The molecule has 1 aliphatic heterocycles. The highest BCUT2D eigenvalue weighted by atomic mass is 16.3. The zero-order valence-corrected chi connectivity index (χ0v) is 10.3. The third kappa shape index (κ3) is 4.47. The van der Waals surface area contributed by atoms with Gasteiger partial charge < -0.3 is 15.3 Å². The van der Waals surface area contributed by atoms with E-state index in [1.165, 1.54) is 0 Å². The molecular weight excluding hydrogens is 206 g/mol. The Kier molecular flexibility index (Phi) is 5.73. The maximum atomic E-state index is 11.5. The van der Waals surface area contributed by atoms with Gasteiger partial charge in [0.15, 0.2) is 0 Å². The fraction of sp³-hybridized carbons (Fsp3) is 0.909. The summed E-state index contributed by atoms with van der Waals surface area (Å²) in [5.41, 5.74) is 0. The van der Waals surface area contributed by atoms with Crippen LogP contribution in [0.4, 0.5) is 0 Å². The van der Waals surface area contributed by atoms with Gasteiger partial charge in [-0.05, 0) is 12.8 Å². The quantitative estimate of drug-likeness (QED) is 0.643. The second-order valence-corrected chi connectivity index (χ2v) is 4.52. The van der Waals surface area contributed by atoms with E-state index in [0.29, 0.717) is 19.1 Å². The summed E-state index contributed by atoms with van der Waals surface area (Å²) >= 11 is 0. The van der Waals surface area contributed by atoms with Crippen molar-refractivity contribution in [1.29, 1.82) is 0 Å². The van der Waals surface area contributed by atoms with Crippen molar-refractivity contribution in [2.24, 2.45) is 0 Å². The molecule has 0 atom stereocenters. The molecule has 1 fully saturated rings. The molecule has 2 N–H and O–H groups in total. The SMILES string of the molecule is CN(C)C(=O)CN1CCC(NCCO)CC1. The summed E-state index contributed by atoms with van der Waals surface area (Å²) < 4.78 is 0. The van der Waals surface area contributed by atoms with Crippen molar-refractivity contribution in [3.63, 3.8) is 0 Å². The second-order valence-electron chi connectivity index (χ2n) is 4.52. The zero-order valence-electron chi connectivity index (χ0n) is 10.3. The van der Waals surface area contributed by atoms with Gasteiger partial charge >= 0.3 is 0 Å². The van der Waals surface area contributed by atoms with Crippen LogP contribution in [0.5, 0.6) is 0 Å². The maximum Gasteiger partial charge on any atom is 0.236 e. The summed E-state index contributed by atoms with van der Waals surface area (Å²) in [4.78, 5) is 15.3. The normalized spacial score (nSPS) is 18.7. The molecule has 0 bridgehead atoms. The van der Waals surface area contributed by atoms with Crippen LogP contribution in [0.1, 0.15) is 12.8 Å². The van der Waals surface area contributed by atoms with Crippen LogP contribution in [-0.2, 0) is 4.79 Å². The zero-order chi connectivity index (χ0) is 12.0. The third-order valence-corrected chi connectivity index (χ3v) is 2.99. The molecule has 1 aliphatic rings. The Bertz CT molecular complexity index is 213. The third-order valence-electron chi connectivity index (χ3n) is 2.99. The molecule has 0 radical (unpaired) electrons. The number of nitrogens with one attached hydrogen (secondary N) is 1. The molecule has 1 saturated heterocycles. The van der Waals surface area contributed by atoms with Crippen LogP contribution in [0.15, 0.2) is 0 Å². The van der Waals surface area contributed by atoms with Gasteiger partial charge in [0.25, 0.3) is 0 Å². The number of nitrogens with zero attached hydrogens (tertiary/aromatic N) is 2. The number of carbonyl (C=O) groups is 1. The first kappa shape index (κ1) is 13.4. The molecule has 5 nitrogen and oxygen atoms in total. The van der Waals surface area contributed by atoms with Gasteiger partial charge in [0.2, 0.25) is 5.91 Å². The summed E-state index contributed by atoms with van der Waals surface area (Å²) in [6.45, 7) is 3.31. The van der Waals surface area contributed by atoms with Gasteiger partial charge in [0.05, 0.1) is 13.2 Å². The van der Waals surface area contributed by atoms with Crippen LogP contribution >= 0.6 is 0 Å². The van der Waals surface area contributed by atoms with Crippen LogP contribution < -0.4 is 5.32 Å². The highest BCUT2D eigenvalue weighted by molar-refractivity contribution is 5.77. The number of likely N-dealkylation sites (tertiary alicyclic amines) is 1. The molecule has 0 saturated carbocycles. The van der Waals surface area contributed by atoms with Gasteiger partial charge in [-0.2, -0.15) is 0 Å². The van der Waals surface area contributed by atoms with Gasteiger partial charge in [-0.3, -0.25) is 9.69 Å². The van der Waals surface area contributed by atoms with E-state index < -0.39 is 0 Å². The van der Waals surface area contributed by atoms with Gasteiger partial charge in [-0.15, -0.1) is 0 Å². The number of aliphatic hydroxyl groups excluding tert-OH is 1. The fourth-order valence-electron chi connectivity index (χ4n) is 1.90. The summed E-state index contributed by atoms with van der Waals surface area (Å²) in [5, 5.41) is 12.0. The summed E-state index contributed by atoms with van der Waals surface area (Å²) in [5.74, 6) is 0.168. The molecule has 1 amide bonds. The monoisotopic (exact) mass is 229 g/mol.